The van der Waals surface area contributed by atoms with Gasteiger partial charge >= 0.3 is 0 Å². The Morgan fingerprint density at radius 3 is 2.60 bits per heavy atom. The molecule has 182 valence electrons. The van der Waals surface area contributed by atoms with E-state index < -0.39 is 12.0 Å². The van der Waals surface area contributed by atoms with Gasteiger partial charge in [-0.15, -0.1) is 0 Å². The van der Waals surface area contributed by atoms with Gasteiger partial charge in [0.05, 0.1) is 18.7 Å². The van der Waals surface area contributed by atoms with Crippen LogP contribution in [0, 0.1) is 11.8 Å². The number of morpholine rings is 1. The molecule has 1 fully saturated rings. The topological polar surface area (TPSA) is 83.8 Å². The second-order valence-corrected chi connectivity index (χ2v) is 9.10. The number of hydrogen-bond acceptors (Lipinski definition) is 5. The van der Waals surface area contributed by atoms with Gasteiger partial charge in [-0.2, -0.15) is 0 Å². The molecule has 1 aromatic heterocycles. The monoisotopic (exact) mass is 493 g/mol. The van der Waals surface area contributed by atoms with Gasteiger partial charge in [-0.25, -0.2) is 0 Å². The molecular formula is C27H28ClN3O4. The fourth-order valence-electron chi connectivity index (χ4n) is 4.14. The SMILES string of the molecule is CC(O)C#Cc1cc(CN2CCOCC2)cc2c(=O)c(C(=O)NCc3ccc(Cl)cc3)cn(C)c12. The van der Waals surface area contributed by atoms with Crippen molar-refractivity contribution in [1.82, 2.24) is 14.8 Å². The van der Waals surface area contributed by atoms with Crippen LogP contribution in [-0.4, -0.2) is 52.9 Å². The maximum Gasteiger partial charge on any atom is 0.257 e. The van der Waals surface area contributed by atoms with E-state index in [2.05, 4.69) is 22.1 Å². The number of pyridine rings is 1. The summed E-state index contributed by atoms with van der Waals surface area (Å²) < 4.78 is 7.19. The lowest BCUT2D eigenvalue weighted by atomic mass is 10.0. The number of hydrogen-bond donors (Lipinski definition) is 2. The van der Waals surface area contributed by atoms with Gasteiger partial charge in [0.25, 0.3) is 5.91 Å². The standard InChI is InChI=1S/C27H28ClN3O4/c1-18(32)3-6-21-13-20(16-31-9-11-35-12-10-31)14-23-25(21)30(2)17-24(26(23)33)27(34)29-15-19-4-7-22(28)8-5-19/h4-5,7-8,13-14,17-18,32H,9-12,15-16H2,1-2H3,(H,29,34). The molecule has 1 atom stereocenters. The molecule has 0 spiro atoms. The van der Waals surface area contributed by atoms with Crippen LogP contribution < -0.4 is 10.7 Å². The summed E-state index contributed by atoms with van der Waals surface area (Å²) in [5, 5.41) is 13.6. The number of ether oxygens (including phenoxy) is 1. The zero-order chi connectivity index (χ0) is 24.9. The minimum atomic E-state index is -0.803. The fraction of sp³-hybridized carbons (Fsp3) is 0.333. The van der Waals surface area contributed by atoms with Gasteiger partial charge in [0.15, 0.2) is 0 Å². The van der Waals surface area contributed by atoms with E-state index in [1.807, 2.05) is 24.3 Å². The molecule has 0 bridgehead atoms. The molecule has 2 heterocycles. The Labute approximate surface area is 209 Å². The highest BCUT2D eigenvalue weighted by molar-refractivity contribution is 6.30. The molecule has 1 amide bonds. The predicted molar refractivity (Wildman–Crippen MR) is 136 cm³/mol. The van der Waals surface area contributed by atoms with E-state index >= 15 is 0 Å². The van der Waals surface area contributed by atoms with E-state index in [-0.39, 0.29) is 17.5 Å². The summed E-state index contributed by atoms with van der Waals surface area (Å²) in [6.45, 7) is 5.45. The van der Waals surface area contributed by atoms with E-state index in [0.29, 0.717) is 41.2 Å². The maximum absolute atomic E-state index is 13.5. The number of aliphatic hydroxyl groups is 1. The quantitative estimate of drug-likeness (QED) is 0.534. The minimum Gasteiger partial charge on any atom is -0.381 e. The Hall–Kier alpha value is -3.15. The van der Waals surface area contributed by atoms with E-state index in [9.17, 15) is 14.7 Å². The van der Waals surface area contributed by atoms with Crippen LogP contribution in [0.4, 0.5) is 0 Å². The average Bonchev–Trinajstić information content (AvgIpc) is 2.84. The largest absolute Gasteiger partial charge is 0.381 e. The number of nitrogens with zero attached hydrogens (tertiary/aromatic N) is 2. The second kappa shape index (κ2) is 11.1. The van der Waals surface area contributed by atoms with Crippen LogP contribution in [0.5, 0.6) is 0 Å². The highest BCUT2D eigenvalue weighted by Crippen LogP contribution is 2.21. The minimum absolute atomic E-state index is 0.0620. The Bertz CT molecular complexity index is 1350. The number of carbonyl (C=O) groups excluding carboxylic acids is 1. The van der Waals surface area contributed by atoms with Crippen molar-refractivity contribution in [3.63, 3.8) is 0 Å². The molecule has 7 nitrogen and oxygen atoms in total. The lowest BCUT2D eigenvalue weighted by molar-refractivity contribution is 0.0342. The third-order valence-corrected chi connectivity index (χ3v) is 6.12. The molecule has 2 aromatic carbocycles. The van der Waals surface area contributed by atoms with Crippen LogP contribution in [0.1, 0.15) is 34.0 Å². The summed E-state index contributed by atoms with van der Waals surface area (Å²) in [5.41, 5.74) is 2.78. The van der Waals surface area contributed by atoms with Crippen LogP contribution in [0.2, 0.25) is 5.02 Å². The molecule has 1 saturated heterocycles. The Balaban J connectivity index is 1.72. The molecule has 3 aromatic rings. The van der Waals surface area contributed by atoms with Crippen LogP contribution in [0.15, 0.2) is 47.4 Å². The number of rotatable bonds is 5. The first-order chi connectivity index (χ1) is 16.8. The summed E-state index contributed by atoms with van der Waals surface area (Å²) in [4.78, 5) is 28.7. The first-order valence-corrected chi connectivity index (χ1v) is 11.9. The summed E-state index contributed by atoms with van der Waals surface area (Å²) >= 11 is 5.93. The number of carbonyl (C=O) groups is 1. The van der Waals surface area contributed by atoms with Crippen molar-refractivity contribution in [2.24, 2.45) is 7.05 Å². The summed E-state index contributed by atoms with van der Waals surface area (Å²) in [7, 11) is 1.78. The van der Waals surface area contributed by atoms with Gasteiger partial charge in [0.1, 0.15) is 11.7 Å². The highest BCUT2D eigenvalue weighted by atomic mass is 35.5. The number of amides is 1. The van der Waals surface area contributed by atoms with Gasteiger partial charge in [0, 0.05) is 55.4 Å². The zero-order valence-corrected chi connectivity index (χ0v) is 20.6. The number of fused-ring (bicyclic) bond motifs is 1. The Kier molecular flexibility index (Phi) is 7.89. The van der Waals surface area contributed by atoms with Gasteiger partial charge in [-0.05, 0) is 42.3 Å². The number of aromatic nitrogens is 1. The van der Waals surface area contributed by atoms with Crippen molar-refractivity contribution in [2.45, 2.75) is 26.1 Å². The number of aliphatic hydroxyl groups excluding tert-OH is 1. The van der Waals surface area contributed by atoms with Gasteiger partial charge in [-0.3, -0.25) is 14.5 Å². The van der Waals surface area contributed by atoms with Crippen LogP contribution >= 0.6 is 11.6 Å². The smallest absolute Gasteiger partial charge is 0.257 e. The molecule has 4 rings (SSSR count). The van der Waals surface area contributed by atoms with Gasteiger partial charge in [0.2, 0.25) is 5.43 Å². The molecule has 0 radical (unpaired) electrons. The second-order valence-electron chi connectivity index (χ2n) is 8.67. The molecular weight excluding hydrogens is 466 g/mol. The normalized spacial score (nSPS) is 14.9. The Morgan fingerprint density at radius 1 is 1.20 bits per heavy atom. The number of halogens is 1. The van der Waals surface area contributed by atoms with Crippen LogP contribution in [0.3, 0.4) is 0 Å². The highest BCUT2D eigenvalue weighted by Gasteiger charge is 2.18. The molecule has 0 saturated carbocycles. The number of benzene rings is 2. The molecule has 1 aliphatic rings. The van der Waals surface area contributed by atoms with Crippen molar-refractivity contribution >= 4 is 28.4 Å². The van der Waals surface area contributed by atoms with Crippen LogP contribution in [-0.2, 0) is 24.9 Å². The van der Waals surface area contributed by atoms with E-state index in [0.717, 1.165) is 24.2 Å². The van der Waals surface area contributed by atoms with Gasteiger partial charge < -0.3 is 19.7 Å². The molecule has 0 aliphatic carbocycles. The summed E-state index contributed by atoms with van der Waals surface area (Å²) in [6, 6.07) is 11.0. The van der Waals surface area contributed by atoms with Crippen molar-refractivity contribution in [2.75, 3.05) is 26.3 Å². The molecule has 8 heteroatoms. The van der Waals surface area contributed by atoms with Crippen molar-refractivity contribution < 1.29 is 14.6 Å². The fourth-order valence-corrected chi connectivity index (χ4v) is 4.26. The van der Waals surface area contributed by atoms with E-state index in [4.69, 9.17) is 16.3 Å². The van der Waals surface area contributed by atoms with Crippen molar-refractivity contribution in [3.8, 4) is 11.8 Å². The van der Waals surface area contributed by atoms with Gasteiger partial charge in [-0.1, -0.05) is 35.6 Å². The molecule has 35 heavy (non-hydrogen) atoms. The van der Waals surface area contributed by atoms with Crippen molar-refractivity contribution in [1.29, 1.82) is 0 Å². The lowest BCUT2D eigenvalue weighted by Crippen LogP contribution is -2.35. The lowest BCUT2D eigenvalue weighted by Gasteiger charge is -2.26. The van der Waals surface area contributed by atoms with Crippen molar-refractivity contribution in [3.05, 3.63) is 80.1 Å². The average molecular weight is 494 g/mol. The van der Waals surface area contributed by atoms with Crippen LogP contribution in [0.25, 0.3) is 10.9 Å². The predicted octanol–water partition coefficient (Wildman–Crippen LogP) is 2.69. The maximum atomic E-state index is 13.5. The third-order valence-electron chi connectivity index (χ3n) is 5.87. The number of nitrogens with one attached hydrogen (secondary N) is 1. The number of aryl methyl sites for hydroxylation is 1. The third kappa shape index (κ3) is 6.11. The summed E-state index contributed by atoms with van der Waals surface area (Å²) in [6.07, 6.45) is 0.736. The molecule has 2 N–H and O–H groups in total. The molecule has 1 aliphatic heterocycles. The van der Waals surface area contributed by atoms with E-state index in [1.54, 1.807) is 30.7 Å². The van der Waals surface area contributed by atoms with E-state index in [1.165, 1.54) is 6.20 Å². The zero-order valence-electron chi connectivity index (χ0n) is 19.8. The first kappa shape index (κ1) is 25.0. The Morgan fingerprint density at radius 2 is 1.91 bits per heavy atom. The molecule has 1 unspecified atom stereocenters. The summed E-state index contributed by atoms with van der Waals surface area (Å²) in [5.74, 6) is 5.35. The first-order valence-electron chi connectivity index (χ1n) is 11.5.